The summed E-state index contributed by atoms with van der Waals surface area (Å²) in [7, 11) is 1.59. The van der Waals surface area contributed by atoms with E-state index in [0.717, 1.165) is 18.8 Å². The molecule has 0 amide bonds. The van der Waals surface area contributed by atoms with Gasteiger partial charge in [0.2, 0.25) is 0 Å². The predicted octanol–water partition coefficient (Wildman–Crippen LogP) is 2.33. The Morgan fingerprint density at radius 1 is 1.38 bits per heavy atom. The first-order valence-electron chi connectivity index (χ1n) is 6.45. The van der Waals surface area contributed by atoms with Gasteiger partial charge in [0.1, 0.15) is 6.10 Å². The molecule has 0 heterocycles. The average Bonchev–Trinajstić information content (AvgIpc) is 2.29. The minimum Gasteiger partial charge on any atom is -0.371 e. The van der Waals surface area contributed by atoms with Crippen LogP contribution < -0.4 is 0 Å². The number of ether oxygens (including phenoxy) is 2. The molecule has 92 valence electrons. The van der Waals surface area contributed by atoms with Crippen molar-refractivity contribution in [3.8, 4) is 0 Å². The fourth-order valence-corrected chi connectivity index (χ4v) is 2.85. The van der Waals surface area contributed by atoms with Crippen molar-refractivity contribution < 1.29 is 14.3 Å². The standard InChI is InChI=1S/C13H22O3/c1-3-9-5-4-6-10(7-9)16-12-8-11(14)13(12)15-2/h9-10,12-13H,3-8H2,1-2H3. The van der Waals surface area contributed by atoms with Gasteiger partial charge in [0, 0.05) is 13.5 Å². The molecule has 2 saturated carbocycles. The maximum Gasteiger partial charge on any atom is 0.166 e. The number of methoxy groups -OCH3 is 1. The number of carbonyl (C=O) groups is 1. The van der Waals surface area contributed by atoms with Gasteiger partial charge in [0.05, 0.1) is 12.2 Å². The van der Waals surface area contributed by atoms with Crippen LogP contribution in [0.2, 0.25) is 0 Å². The largest absolute Gasteiger partial charge is 0.371 e. The molecule has 0 N–H and O–H groups in total. The zero-order valence-electron chi connectivity index (χ0n) is 10.3. The van der Waals surface area contributed by atoms with Crippen molar-refractivity contribution in [2.45, 2.75) is 63.8 Å². The van der Waals surface area contributed by atoms with Gasteiger partial charge in [-0.1, -0.05) is 26.2 Å². The van der Waals surface area contributed by atoms with Crippen molar-refractivity contribution in [3.05, 3.63) is 0 Å². The zero-order valence-corrected chi connectivity index (χ0v) is 10.3. The lowest BCUT2D eigenvalue weighted by molar-refractivity contribution is -0.172. The monoisotopic (exact) mass is 226 g/mol. The van der Waals surface area contributed by atoms with Gasteiger partial charge in [-0.2, -0.15) is 0 Å². The highest BCUT2D eigenvalue weighted by molar-refractivity contribution is 5.90. The molecule has 0 aromatic carbocycles. The van der Waals surface area contributed by atoms with Crippen molar-refractivity contribution in [2.24, 2.45) is 5.92 Å². The number of carbonyl (C=O) groups excluding carboxylic acids is 1. The van der Waals surface area contributed by atoms with Crippen LogP contribution in [0.15, 0.2) is 0 Å². The van der Waals surface area contributed by atoms with E-state index in [2.05, 4.69) is 6.92 Å². The van der Waals surface area contributed by atoms with E-state index >= 15 is 0 Å². The van der Waals surface area contributed by atoms with Gasteiger partial charge in [0.15, 0.2) is 5.78 Å². The van der Waals surface area contributed by atoms with Crippen molar-refractivity contribution >= 4 is 5.78 Å². The molecule has 0 saturated heterocycles. The van der Waals surface area contributed by atoms with Gasteiger partial charge < -0.3 is 9.47 Å². The quantitative estimate of drug-likeness (QED) is 0.738. The summed E-state index contributed by atoms with van der Waals surface area (Å²) in [5.41, 5.74) is 0. The molecule has 0 aromatic heterocycles. The van der Waals surface area contributed by atoms with Crippen LogP contribution in [-0.4, -0.2) is 31.2 Å². The van der Waals surface area contributed by atoms with E-state index in [0.29, 0.717) is 12.5 Å². The maximum absolute atomic E-state index is 11.2. The average molecular weight is 226 g/mol. The summed E-state index contributed by atoms with van der Waals surface area (Å²) in [5.74, 6) is 1.01. The Balaban J connectivity index is 1.79. The van der Waals surface area contributed by atoms with E-state index in [1.165, 1.54) is 19.3 Å². The smallest absolute Gasteiger partial charge is 0.166 e. The van der Waals surface area contributed by atoms with E-state index in [9.17, 15) is 4.79 Å². The highest BCUT2D eigenvalue weighted by Gasteiger charge is 2.42. The zero-order chi connectivity index (χ0) is 11.5. The van der Waals surface area contributed by atoms with Gasteiger partial charge in [-0.3, -0.25) is 4.79 Å². The second-order valence-electron chi connectivity index (χ2n) is 5.06. The highest BCUT2D eigenvalue weighted by atomic mass is 16.5. The van der Waals surface area contributed by atoms with Crippen LogP contribution >= 0.6 is 0 Å². The topological polar surface area (TPSA) is 35.5 Å². The van der Waals surface area contributed by atoms with E-state index < -0.39 is 0 Å². The number of ketones is 1. The molecule has 2 rings (SSSR count). The van der Waals surface area contributed by atoms with Crippen molar-refractivity contribution in [2.75, 3.05) is 7.11 Å². The summed E-state index contributed by atoms with van der Waals surface area (Å²) in [6.45, 7) is 2.25. The minimum atomic E-state index is -0.290. The summed E-state index contributed by atoms with van der Waals surface area (Å²) < 4.78 is 11.1. The van der Waals surface area contributed by atoms with Crippen molar-refractivity contribution in [1.82, 2.24) is 0 Å². The van der Waals surface area contributed by atoms with Crippen LogP contribution in [0.1, 0.15) is 45.4 Å². The molecule has 16 heavy (non-hydrogen) atoms. The van der Waals surface area contributed by atoms with E-state index in [1.807, 2.05) is 0 Å². The Morgan fingerprint density at radius 2 is 2.19 bits per heavy atom. The molecular formula is C13H22O3. The van der Waals surface area contributed by atoms with E-state index in [-0.39, 0.29) is 18.0 Å². The molecule has 0 radical (unpaired) electrons. The minimum absolute atomic E-state index is 0.0260. The van der Waals surface area contributed by atoms with Gasteiger partial charge >= 0.3 is 0 Å². The predicted molar refractivity (Wildman–Crippen MR) is 61.3 cm³/mol. The fourth-order valence-electron chi connectivity index (χ4n) is 2.85. The van der Waals surface area contributed by atoms with Crippen molar-refractivity contribution in [1.29, 1.82) is 0 Å². The molecule has 2 aliphatic rings. The van der Waals surface area contributed by atoms with Gasteiger partial charge in [-0.05, 0) is 18.8 Å². The summed E-state index contributed by atoms with van der Waals surface area (Å²) in [4.78, 5) is 11.2. The van der Waals surface area contributed by atoms with Gasteiger partial charge in [-0.15, -0.1) is 0 Å². The molecule has 0 aliphatic heterocycles. The van der Waals surface area contributed by atoms with E-state index in [4.69, 9.17) is 9.47 Å². The first kappa shape index (κ1) is 12.1. The molecule has 3 nitrogen and oxygen atoms in total. The molecule has 2 aliphatic carbocycles. The SMILES string of the molecule is CCC1CCCC(OC2CC(=O)C2OC)C1. The van der Waals surface area contributed by atoms with Crippen LogP contribution in [0, 0.1) is 5.92 Å². The lowest BCUT2D eigenvalue weighted by Gasteiger charge is -2.38. The third-order valence-electron chi connectivity index (χ3n) is 3.99. The molecule has 4 atom stereocenters. The summed E-state index contributed by atoms with van der Waals surface area (Å²) >= 11 is 0. The Labute approximate surface area is 97.5 Å². The third-order valence-corrected chi connectivity index (χ3v) is 3.99. The molecule has 0 spiro atoms. The lowest BCUT2D eigenvalue weighted by atomic mass is 9.84. The molecule has 0 bridgehead atoms. The lowest BCUT2D eigenvalue weighted by Crippen LogP contribution is -2.51. The van der Waals surface area contributed by atoms with E-state index in [1.54, 1.807) is 7.11 Å². The second kappa shape index (κ2) is 5.28. The third kappa shape index (κ3) is 2.46. The van der Waals surface area contributed by atoms with Gasteiger partial charge in [-0.25, -0.2) is 0 Å². The Hall–Kier alpha value is -0.410. The number of Topliss-reactive ketones (excluding diaryl/α,β-unsaturated/α-hetero) is 1. The highest BCUT2D eigenvalue weighted by Crippen LogP contribution is 2.32. The molecule has 0 aromatic rings. The Kier molecular flexibility index (Phi) is 3.98. The summed E-state index contributed by atoms with van der Waals surface area (Å²) in [5, 5.41) is 0. The second-order valence-corrected chi connectivity index (χ2v) is 5.06. The Morgan fingerprint density at radius 3 is 2.81 bits per heavy atom. The van der Waals surface area contributed by atoms with Crippen LogP contribution in [0.3, 0.4) is 0 Å². The Bertz CT molecular complexity index is 252. The first-order valence-corrected chi connectivity index (χ1v) is 6.45. The number of hydrogen-bond donors (Lipinski definition) is 0. The van der Waals surface area contributed by atoms with Crippen LogP contribution in [0.5, 0.6) is 0 Å². The summed E-state index contributed by atoms with van der Waals surface area (Å²) in [6.07, 6.45) is 6.81. The molecular weight excluding hydrogens is 204 g/mol. The van der Waals surface area contributed by atoms with Crippen LogP contribution in [0.25, 0.3) is 0 Å². The number of rotatable bonds is 4. The van der Waals surface area contributed by atoms with Crippen molar-refractivity contribution in [3.63, 3.8) is 0 Å². The molecule has 4 unspecified atom stereocenters. The molecule has 3 heteroatoms. The van der Waals surface area contributed by atoms with Crippen LogP contribution in [-0.2, 0) is 14.3 Å². The van der Waals surface area contributed by atoms with Crippen LogP contribution in [0.4, 0.5) is 0 Å². The normalized spacial score (nSPS) is 39.5. The van der Waals surface area contributed by atoms with Gasteiger partial charge in [0.25, 0.3) is 0 Å². The fraction of sp³-hybridized carbons (Fsp3) is 0.923. The molecule has 2 fully saturated rings. The first-order chi connectivity index (χ1) is 7.74. The number of hydrogen-bond acceptors (Lipinski definition) is 3. The summed E-state index contributed by atoms with van der Waals surface area (Å²) in [6, 6.07) is 0. The maximum atomic E-state index is 11.2.